The summed E-state index contributed by atoms with van der Waals surface area (Å²) in [6.07, 6.45) is 19.2. The van der Waals surface area contributed by atoms with Crippen LogP contribution in [-0.2, 0) is 12.8 Å². The molecular formula is C26H46. The van der Waals surface area contributed by atoms with Gasteiger partial charge in [-0.3, -0.25) is 0 Å². The van der Waals surface area contributed by atoms with E-state index in [1.165, 1.54) is 89.9 Å². The molecule has 1 rings (SSSR count). The number of rotatable bonds is 16. The Balaban J connectivity index is 2.73. The third-order valence-corrected chi connectivity index (χ3v) is 5.96. The average molecular weight is 359 g/mol. The average Bonchev–Trinajstić information content (AvgIpc) is 2.64. The van der Waals surface area contributed by atoms with Crippen LogP contribution in [0.2, 0.25) is 0 Å². The second kappa shape index (κ2) is 15.3. The molecule has 0 bridgehead atoms. The Morgan fingerprint density at radius 3 is 1.31 bits per heavy atom. The van der Waals surface area contributed by atoms with E-state index >= 15 is 0 Å². The van der Waals surface area contributed by atoms with Crippen LogP contribution in [0.5, 0.6) is 0 Å². The van der Waals surface area contributed by atoms with Crippen molar-refractivity contribution in [3.63, 3.8) is 0 Å². The van der Waals surface area contributed by atoms with Crippen molar-refractivity contribution < 1.29 is 0 Å². The number of unbranched alkanes of at least 4 members (excludes halogenated alkanes) is 4. The van der Waals surface area contributed by atoms with Gasteiger partial charge in [0, 0.05) is 0 Å². The van der Waals surface area contributed by atoms with Gasteiger partial charge in [0.05, 0.1) is 0 Å². The molecule has 0 aromatic heterocycles. The quantitative estimate of drug-likeness (QED) is 0.259. The number of hydrogen-bond donors (Lipinski definition) is 0. The van der Waals surface area contributed by atoms with Crippen molar-refractivity contribution in [2.45, 2.75) is 118 Å². The third-order valence-electron chi connectivity index (χ3n) is 5.96. The molecule has 0 heterocycles. The van der Waals surface area contributed by atoms with Crippen LogP contribution in [0.15, 0.2) is 24.3 Å². The first kappa shape index (κ1) is 23.3. The van der Waals surface area contributed by atoms with Crippen molar-refractivity contribution in [2.75, 3.05) is 0 Å². The zero-order valence-electron chi connectivity index (χ0n) is 18.4. The van der Waals surface area contributed by atoms with Gasteiger partial charge in [0.15, 0.2) is 0 Å². The molecule has 2 atom stereocenters. The minimum Gasteiger partial charge on any atom is -0.0654 e. The fourth-order valence-corrected chi connectivity index (χ4v) is 4.46. The highest BCUT2D eigenvalue weighted by Gasteiger charge is 2.15. The van der Waals surface area contributed by atoms with Gasteiger partial charge < -0.3 is 0 Å². The lowest BCUT2D eigenvalue weighted by Crippen LogP contribution is -2.10. The maximum absolute atomic E-state index is 2.42. The Labute approximate surface area is 165 Å². The minimum absolute atomic E-state index is 0.886. The Bertz CT molecular complexity index is 392. The maximum atomic E-state index is 2.42. The maximum Gasteiger partial charge on any atom is -0.0248 e. The van der Waals surface area contributed by atoms with Crippen molar-refractivity contribution >= 4 is 0 Å². The van der Waals surface area contributed by atoms with E-state index in [-0.39, 0.29) is 0 Å². The molecule has 150 valence electrons. The number of hydrogen-bond acceptors (Lipinski definition) is 0. The summed E-state index contributed by atoms with van der Waals surface area (Å²) in [5, 5.41) is 0. The van der Waals surface area contributed by atoms with Gasteiger partial charge in [-0.05, 0) is 35.8 Å². The van der Waals surface area contributed by atoms with Crippen molar-refractivity contribution in [3.8, 4) is 0 Å². The summed E-state index contributed by atoms with van der Waals surface area (Å²) in [6.45, 7) is 9.33. The fourth-order valence-electron chi connectivity index (χ4n) is 4.46. The molecule has 26 heavy (non-hydrogen) atoms. The van der Waals surface area contributed by atoms with Crippen LogP contribution in [0.4, 0.5) is 0 Å². The summed E-state index contributed by atoms with van der Waals surface area (Å²) in [7, 11) is 0. The van der Waals surface area contributed by atoms with Crippen LogP contribution < -0.4 is 0 Å². The summed E-state index contributed by atoms with van der Waals surface area (Å²) >= 11 is 0. The van der Waals surface area contributed by atoms with Crippen molar-refractivity contribution in [1.29, 1.82) is 0 Å². The minimum atomic E-state index is 0.886. The normalized spacial score (nSPS) is 13.7. The first-order valence-corrected chi connectivity index (χ1v) is 11.8. The Morgan fingerprint density at radius 1 is 0.538 bits per heavy atom. The lowest BCUT2D eigenvalue weighted by Gasteiger charge is -2.21. The summed E-state index contributed by atoms with van der Waals surface area (Å²) in [5.74, 6) is 1.77. The summed E-state index contributed by atoms with van der Waals surface area (Å²) in [5.41, 5.74) is 3.30. The molecule has 0 aliphatic carbocycles. The predicted octanol–water partition coefficient (Wildman–Crippen LogP) is 8.76. The van der Waals surface area contributed by atoms with Gasteiger partial charge >= 0.3 is 0 Å². The second-order valence-electron chi connectivity index (χ2n) is 8.48. The second-order valence-corrected chi connectivity index (χ2v) is 8.48. The standard InChI is InChI=1S/C26H46/c1-5-9-11-17-23(15-7-3)21-25-19-13-14-20-26(25)22-24(16-8-4)18-12-10-6-2/h13-14,19-20,23-24H,5-12,15-18,21-22H2,1-4H3. The molecule has 1 aromatic rings. The van der Waals surface area contributed by atoms with Crippen LogP contribution in [0.3, 0.4) is 0 Å². The highest BCUT2D eigenvalue weighted by molar-refractivity contribution is 5.28. The van der Waals surface area contributed by atoms with E-state index in [9.17, 15) is 0 Å². The first-order chi connectivity index (χ1) is 12.7. The monoisotopic (exact) mass is 358 g/mol. The van der Waals surface area contributed by atoms with Gasteiger partial charge in [-0.1, -0.05) is 129 Å². The molecule has 0 saturated heterocycles. The van der Waals surface area contributed by atoms with E-state index < -0.39 is 0 Å². The molecule has 0 saturated carbocycles. The Morgan fingerprint density at radius 2 is 0.962 bits per heavy atom. The molecule has 0 fully saturated rings. The SMILES string of the molecule is CCCCCC(CCC)Cc1ccccc1CC(CCC)CCCCC. The largest absolute Gasteiger partial charge is 0.0654 e. The topological polar surface area (TPSA) is 0 Å². The summed E-state index contributed by atoms with van der Waals surface area (Å²) < 4.78 is 0. The van der Waals surface area contributed by atoms with Gasteiger partial charge in [-0.2, -0.15) is 0 Å². The smallest absolute Gasteiger partial charge is 0.0248 e. The van der Waals surface area contributed by atoms with Gasteiger partial charge in [-0.15, -0.1) is 0 Å². The van der Waals surface area contributed by atoms with E-state index in [1.807, 2.05) is 0 Å². The Kier molecular flexibility index (Phi) is 13.7. The molecule has 1 aromatic carbocycles. The van der Waals surface area contributed by atoms with E-state index in [0.29, 0.717) is 0 Å². The van der Waals surface area contributed by atoms with Crippen molar-refractivity contribution in [2.24, 2.45) is 11.8 Å². The molecule has 0 radical (unpaired) electrons. The van der Waals surface area contributed by atoms with Crippen LogP contribution in [0.1, 0.15) is 116 Å². The lowest BCUT2D eigenvalue weighted by molar-refractivity contribution is 0.409. The molecular weight excluding hydrogens is 312 g/mol. The van der Waals surface area contributed by atoms with E-state index in [2.05, 4.69) is 52.0 Å². The molecule has 0 N–H and O–H groups in total. The Hall–Kier alpha value is -0.780. The zero-order valence-corrected chi connectivity index (χ0v) is 18.4. The highest BCUT2D eigenvalue weighted by atomic mass is 14.2. The van der Waals surface area contributed by atoms with Crippen molar-refractivity contribution in [3.05, 3.63) is 35.4 Å². The molecule has 0 aliphatic rings. The summed E-state index contributed by atoms with van der Waals surface area (Å²) in [4.78, 5) is 0. The molecule has 0 spiro atoms. The van der Waals surface area contributed by atoms with E-state index in [0.717, 1.165) is 11.8 Å². The molecule has 0 heteroatoms. The molecule has 0 aliphatic heterocycles. The van der Waals surface area contributed by atoms with Gasteiger partial charge in [0.25, 0.3) is 0 Å². The predicted molar refractivity (Wildman–Crippen MR) is 119 cm³/mol. The third kappa shape index (κ3) is 9.79. The van der Waals surface area contributed by atoms with Crippen LogP contribution in [-0.4, -0.2) is 0 Å². The van der Waals surface area contributed by atoms with Gasteiger partial charge in [0.2, 0.25) is 0 Å². The van der Waals surface area contributed by atoms with Crippen LogP contribution in [0.25, 0.3) is 0 Å². The molecule has 0 amide bonds. The number of benzene rings is 1. The van der Waals surface area contributed by atoms with E-state index in [1.54, 1.807) is 11.1 Å². The first-order valence-electron chi connectivity index (χ1n) is 11.8. The molecule has 0 nitrogen and oxygen atoms in total. The van der Waals surface area contributed by atoms with Crippen LogP contribution >= 0.6 is 0 Å². The van der Waals surface area contributed by atoms with Crippen molar-refractivity contribution in [1.82, 2.24) is 0 Å². The van der Waals surface area contributed by atoms with Crippen LogP contribution in [0, 0.1) is 11.8 Å². The fraction of sp³-hybridized carbons (Fsp3) is 0.769. The van der Waals surface area contributed by atoms with E-state index in [4.69, 9.17) is 0 Å². The molecule has 2 unspecified atom stereocenters. The van der Waals surface area contributed by atoms with Gasteiger partial charge in [-0.25, -0.2) is 0 Å². The highest BCUT2D eigenvalue weighted by Crippen LogP contribution is 2.27. The zero-order chi connectivity index (χ0) is 19.0. The summed E-state index contributed by atoms with van der Waals surface area (Å²) in [6, 6.07) is 9.37. The lowest BCUT2D eigenvalue weighted by atomic mass is 9.84. The van der Waals surface area contributed by atoms with Gasteiger partial charge in [0.1, 0.15) is 0 Å².